The van der Waals surface area contributed by atoms with Gasteiger partial charge in [-0.05, 0) is 67.3 Å². The Morgan fingerprint density at radius 3 is 2.45 bits per heavy atom. The molecular formula is C25H24N2O2. The van der Waals surface area contributed by atoms with Crippen molar-refractivity contribution < 1.29 is 9.21 Å². The minimum absolute atomic E-state index is 0.135. The molecule has 0 unspecified atom stereocenters. The van der Waals surface area contributed by atoms with Crippen molar-refractivity contribution >= 4 is 22.7 Å². The molecule has 3 aromatic carbocycles. The fourth-order valence-corrected chi connectivity index (χ4v) is 3.22. The van der Waals surface area contributed by atoms with Gasteiger partial charge in [0.05, 0.1) is 0 Å². The quantitative estimate of drug-likeness (QED) is 0.438. The van der Waals surface area contributed by atoms with Crippen LogP contribution in [0.5, 0.6) is 0 Å². The zero-order chi connectivity index (χ0) is 20.5. The minimum atomic E-state index is -0.135. The van der Waals surface area contributed by atoms with Crippen molar-refractivity contribution in [2.45, 2.75) is 33.6 Å². The lowest BCUT2D eigenvalue weighted by Gasteiger charge is -2.10. The number of amides is 1. The normalized spacial score (nSPS) is 11.2. The van der Waals surface area contributed by atoms with E-state index in [9.17, 15) is 4.79 Å². The van der Waals surface area contributed by atoms with Crippen molar-refractivity contribution in [2.24, 2.45) is 0 Å². The molecule has 0 bridgehead atoms. The summed E-state index contributed by atoms with van der Waals surface area (Å²) < 4.78 is 5.96. The molecule has 0 aliphatic heterocycles. The van der Waals surface area contributed by atoms with Crippen LogP contribution in [-0.4, -0.2) is 10.9 Å². The van der Waals surface area contributed by atoms with Crippen LogP contribution in [0.15, 0.2) is 65.1 Å². The Labute approximate surface area is 170 Å². The van der Waals surface area contributed by atoms with Crippen LogP contribution >= 0.6 is 0 Å². The maximum Gasteiger partial charge on any atom is 0.255 e. The molecule has 4 heteroatoms. The highest BCUT2D eigenvalue weighted by molar-refractivity contribution is 6.05. The third kappa shape index (κ3) is 3.92. The van der Waals surface area contributed by atoms with E-state index in [1.165, 1.54) is 5.56 Å². The number of fused-ring (bicyclic) bond motifs is 1. The number of hydrogen-bond acceptors (Lipinski definition) is 3. The summed E-state index contributed by atoms with van der Waals surface area (Å²) in [7, 11) is 0. The number of rotatable bonds is 4. The van der Waals surface area contributed by atoms with Gasteiger partial charge in [0.1, 0.15) is 5.52 Å². The largest absolute Gasteiger partial charge is 0.436 e. The van der Waals surface area contributed by atoms with Crippen molar-refractivity contribution in [3.8, 4) is 11.5 Å². The van der Waals surface area contributed by atoms with Crippen LogP contribution < -0.4 is 5.32 Å². The average molecular weight is 384 g/mol. The highest BCUT2D eigenvalue weighted by Gasteiger charge is 2.13. The molecule has 0 saturated carbocycles. The first-order valence-corrected chi connectivity index (χ1v) is 9.80. The molecule has 0 saturated heterocycles. The standard InChI is InChI=1S/C25H24N2O2/c1-15(2)19-11-12-23-22(13-19)27-25(29-23)20-10-7-17(4)21(14-20)26-24(28)18-8-5-16(3)6-9-18/h5-15H,1-4H3,(H,26,28). The van der Waals surface area contributed by atoms with Crippen LogP contribution in [-0.2, 0) is 0 Å². The van der Waals surface area contributed by atoms with Crippen LogP contribution in [0.3, 0.4) is 0 Å². The summed E-state index contributed by atoms with van der Waals surface area (Å²) >= 11 is 0. The molecule has 1 N–H and O–H groups in total. The van der Waals surface area contributed by atoms with Gasteiger partial charge in [-0.25, -0.2) is 4.98 Å². The smallest absolute Gasteiger partial charge is 0.255 e. The number of oxazole rings is 1. The molecule has 0 atom stereocenters. The average Bonchev–Trinajstić information content (AvgIpc) is 3.13. The summed E-state index contributed by atoms with van der Waals surface area (Å²) in [4.78, 5) is 17.3. The van der Waals surface area contributed by atoms with E-state index in [2.05, 4.69) is 36.3 Å². The number of nitrogens with one attached hydrogen (secondary N) is 1. The van der Waals surface area contributed by atoms with E-state index in [-0.39, 0.29) is 5.91 Å². The van der Waals surface area contributed by atoms with Gasteiger partial charge in [0.25, 0.3) is 5.91 Å². The number of aromatic nitrogens is 1. The molecule has 0 fully saturated rings. The second-order valence-corrected chi connectivity index (χ2v) is 7.75. The van der Waals surface area contributed by atoms with Crippen LogP contribution in [0.25, 0.3) is 22.6 Å². The van der Waals surface area contributed by atoms with E-state index in [1.54, 1.807) is 0 Å². The van der Waals surface area contributed by atoms with Gasteiger partial charge in [-0.1, -0.05) is 43.7 Å². The Hall–Kier alpha value is -3.40. The Morgan fingerprint density at radius 1 is 0.966 bits per heavy atom. The number of hydrogen-bond donors (Lipinski definition) is 1. The summed E-state index contributed by atoms with van der Waals surface area (Å²) in [5, 5.41) is 3.01. The molecule has 0 radical (unpaired) electrons. The van der Waals surface area contributed by atoms with Crippen LogP contribution in [0, 0.1) is 13.8 Å². The molecule has 1 amide bonds. The molecular weight excluding hydrogens is 360 g/mol. The fraction of sp³-hybridized carbons (Fsp3) is 0.200. The molecule has 0 aliphatic rings. The van der Waals surface area contributed by atoms with Crippen molar-refractivity contribution in [3.63, 3.8) is 0 Å². The van der Waals surface area contributed by atoms with Gasteiger partial charge in [-0.3, -0.25) is 4.79 Å². The first-order chi connectivity index (χ1) is 13.9. The number of aryl methyl sites for hydroxylation is 2. The zero-order valence-electron chi connectivity index (χ0n) is 17.1. The zero-order valence-corrected chi connectivity index (χ0v) is 17.1. The van der Waals surface area contributed by atoms with E-state index in [0.717, 1.165) is 33.5 Å². The molecule has 4 nitrogen and oxygen atoms in total. The Morgan fingerprint density at radius 2 is 1.72 bits per heavy atom. The van der Waals surface area contributed by atoms with Gasteiger partial charge in [0.2, 0.25) is 5.89 Å². The van der Waals surface area contributed by atoms with Gasteiger partial charge in [-0.2, -0.15) is 0 Å². The topological polar surface area (TPSA) is 55.1 Å². The maximum atomic E-state index is 12.6. The van der Waals surface area contributed by atoms with E-state index < -0.39 is 0 Å². The molecule has 1 heterocycles. The van der Waals surface area contributed by atoms with Crippen LogP contribution in [0.1, 0.15) is 46.8 Å². The number of nitrogens with zero attached hydrogens (tertiary/aromatic N) is 1. The Kier molecular flexibility index (Phi) is 4.93. The SMILES string of the molecule is Cc1ccc(C(=O)Nc2cc(-c3nc4cc(C(C)C)ccc4o3)ccc2C)cc1. The molecule has 29 heavy (non-hydrogen) atoms. The van der Waals surface area contributed by atoms with Crippen molar-refractivity contribution in [1.29, 1.82) is 0 Å². The maximum absolute atomic E-state index is 12.6. The lowest BCUT2D eigenvalue weighted by Crippen LogP contribution is -2.12. The van der Waals surface area contributed by atoms with E-state index in [1.807, 2.05) is 62.4 Å². The second kappa shape index (κ2) is 7.55. The Bertz CT molecular complexity index is 1190. The third-order valence-corrected chi connectivity index (χ3v) is 5.12. The van der Waals surface area contributed by atoms with Gasteiger partial charge < -0.3 is 9.73 Å². The molecule has 1 aromatic heterocycles. The summed E-state index contributed by atoms with van der Waals surface area (Å²) in [6.45, 7) is 8.28. The summed E-state index contributed by atoms with van der Waals surface area (Å²) in [6, 6.07) is 19.5. The predicted molar refractivity (Wildman–Crippen MR) is 117 cm³/mol. The van der Waals surface area contributed by atoms with Crippen molar-refractivity contribution in [1.82, 2.24) is 4.98 Å². The van der Waals surface area contributed by atoms with E-state index >= 15 is 0 Å². The van der Waals surface area contributed by atoms with Crippen molar-refractivity contribution in [2.75, 3.05) is 5.32 Å². The summed E-state index contributed by atoms with van der Waals surface area (Å²) in [6.07, 6.45) is 0. The summed E-state index contributed by atoms with van der Waals surface area (Å²) in [5.74, 6) is 0.846. The van der Waals surface area contributed by atoms with Crippen LogP contribution in [0.2, 0.25) is 0 Å². The lowest BCUT2D eigenvalue weighted by molar-refractivity contribution is 0.102. The highest BCUT2D eigenvalue weighted by Crippen LogP contribution is 2.29. The number of benzene rings is 3. The third-order valence-electron chi connectivity index (χ3n) is 5.12. The Balaban J connectivity index is 1.65. The first-order valence-electron chi connectivity index (χ1n) is 9.80. The van der Waals surface area contributed by atoms with Gasteiger partial charge in [-0.15, -0.1) is 0 Å². The molecule has 4 rings (SSSR count). The molecule has 4 aromatic rings. The molecule has 146 valence electrons. The molecule has 0 aliphatic carbocycles. The second-order valence-electron chi connectivity index (χ2n) is 7.75. The summed E-state index contributed by atoms with van der Waals surface area (Å²) in [5.41, 5.74) is 7.14. The minimum Gasteiger partial charge on any atom is -0.436 e. The lowest BCUT2D eigenvalue weighted by atomic mass is 10.0. The molecule has 0 spiro atoms. The van der Waals surface area contributed by atoms with E-state index in [4.69, 9.17) is 4.42 Å². The van der Waals surface area contributed by atoms with Gasteiger partial charge in [0, 0.05) is 16.8 Å². The van der Waals surface area contributed by atoms with Gasteiger partial charge >= 0.3 is 0 Å². The number of anilines is 1. The first kappa shape index (κ1) is 18.9. The van der Waals surface area contributed by atoms with E-state index in [0.29, 0.717) is 17.4 Å². The monoisotopic (exact) mass is 384 g/mol. The van der Waals surface area contributed by atoms with Crippen LogP contribution in [0.4, 0.5) is 5.69 Å². The number of carbonyl (C=O) groups excluding carboxylic acids is 1. The van der Waals surface area contributed by atoms with Gasteiger partial charge in [0.15, 0.2) is 5.58 Å². The van der Waals surface area contributed by atoms with Crippen molar-refractivity contribution in [3.05, 3.63) is 82.9 Å². The fourth-order valence-electron chi connectivity index (χ4n) is 3.22. The predicted octanol–water partition coefficient (Wildman–Crippen LogP) is 6.49. The highest BCUT2D eigenvalue weighted by atomic mass is 16.3. The number of carbonyl (C=O) groups is 1.